The largest absolute Gasteiger partial charge is 0.327 e. The monoisotopic (exact) mass is 249 g/mol. The molecule has 2 heteroatoms. The summed E-state index contributed by atoms with van der Waals surface area (Å²) in [5.74, 6) is 1.11. The predicted octanol–water partition coefficient (Wildman–Crippen LogP) is 3.89. The van der Waals surface area contributed by atoms with Crippen LogP contribution in [0.25, 0.3) is 0 Å². The van der Waals surface area contributed by atoms with Crippen LogP contribution in [0, 0.1) is 6.92 Å². The van der Waals surface area contributed by atoms with Crippen LogP contribution in [0.3, 0.4) is 0 Å². The number of benzene rings is 1. The van der Waals surface area contributed by atoms with E-state index in [1.54, 1.807) is 0 Å². The summed E-state index contributed by atoms with van der Waals surface area (Å²) >= 11 is 2.06. The molecule has 0 heterocycles. The maximum atomic E-state index is 6.25. The number of hydrogen-bond donors (Lipinski definition) is 1. The molecular formula is C15H23NS. The Balaban J connectivity index is 1.88. The third-order valence-electron chi connectivity index (χ3n) is 3.55. The van der Waals surface area contributed by atoms with Gasteiger partial charge in [0.15, 0.2) is 0 Å². The maximum Gasteiger partial charge on any atom is 0.0202 e. The number of thioether (sulfide) groups is 1. The maximum absolute atomic E-state index is 6.25. The molecule has 1 aromatic rings. The highest BCUT2D eigenvalue weighted by Crippen LogP contribution is 2.29. The summed E-state index contributed by atoms with van der Waals surface area (Å²) in [6, 6.07) is 9.23. The first-order valence-electron chi connectivity index (χ1n) is 6.68. The standard InChI is InChI=1S/C15H23NS/c1-12-6-5-7-13(10-12)11-17-15-9-4-2-3-8-14(15)16/h5-7,10,14-15H,2-4,8-9,11,16H2,1H3. The van der Waals surface area contributed by atoms with Crippen molar-refractivity contribution in [1.82, 2.24) is 0 Å². The lowest BCUT2D eigenvalue weighted by atomic mass is 10.1. The van der Waals surface area contributed by atoms with Crippen molar-refractivity contribution in [1.29, 1.82) is 0 Å². The van der Waals surface area contributed by atoms with Crippen molar-refractivity contribution in [3.63, 3.8) is 0 Å². The minimum atomic E-state index is 0.410. The Morgan fingerprint density at radius 3 is 2.88 bits per heavy atom. The van der Waals surface area contributed by atoms with Crippen LogP contribution in [0.2, 0.25) is 0 Å². The van der Waals surface area contributed by atoms with Crippen LogP contribution in [-0.2, 0) is 5.75 Å². The second kappa shape index (κ2) is 6.46. The molecule has 0 radical (unpaired) electrons. The molecule has 0 aliphatic heterocycles. The first-order valence-corrected chi connectivity index (χ1v) is 7.73. The van der Waals surface area contributed by atoms with Crippen LogP contribution >= 0.6 is 11.8 Å². The van der Waals surface area contributed by atoms with E-state index in [9.17, 15) is 0 Å². The Morgan fingerprint density at radius 1 is 1.24 bits per heavy atom. The molecular weight excluding hydrogens is 226 g/mol. The lowest BCUT2D eigenvalue weighted by molar-refractivity contribution is 0.596. The Morgan fingerprint density at radius 2 is 2.06 bits per heavy atom. The van der Waals surface area contributed by atoms with Crippen molar-refractivity contribution in [2.75, 3.05) is 0 Å². The summed E-state index contributed by atoms with van der Waals surface area (Å²) in [5, 5.41) is 0.665. The van der Waals surface area contributed by atoms with Crippen LogP contribution in [0.5, 0.6) is 0 Å². The third kappa shape index (κ3) is 4.04. The summed E-state index contributed by atoms with van der Waals surface area (Å²) in [4.78, 5) is 0. The molecule has 2 unspecified atom stereocenters. The van der Waals surface area contributed by atoms with Gasteiger partial charge in [-0.3, -0.25) is 0 Å². The smallest absolute Gasteiger partial charge is 0.0202 e. The zero-order valence-electron chi connectivity index (χ0n) is 10.7. The van der Waals surface area contributed by atoms with E-state index >= 15 is 0 Å². The minimum Gasteiger partial charge on any atom is -0.327 e. The normalized spacial score (nSPS) is 25.5. The Hall–Kier alpha value is -0.470. The summed E-state index contributed by atoms with van der Waals surface area (Å²) in [7, 11) is 0. The second-order valence-corrected chi connectivity index (χ2v) is 6.37. The summed E-state index contributed by atoms with van der Waals surface area (Å²) < 4.78 is 0. The van der Waals surface area contributed by atoms with Crippen LogP contribution in [-0.4, -0.2) is 11.3 Å². The molecule has 1 nitrogen and oxygen atoms in total. The average Bonchev–Trinajstić information content (AvgIpc) is 2.52. The SMILES string of the molecule is Cc1cccc(CSC2CCCCCC2N)c1. The van der Waals surface area contributed by atoms with Gasteiger partial charge in [-0.2, -0.15) is 11.8 Å². The lowest BCUT2D eigenvalue weighted by Crippen LogP contribution is -2.31. The molecule has 0 bridgehead atoms. The molecule has 0 amide bonds. The van der Waals surface area contributed by atoms with E-state index < -0.39 is 0 Å². The van der Waals surface area contributed by atoms with Gasteiger partial charge < -0.3 is 5.73 Å². The highest BCUT2D eigenvalue weighted by Gasteiger charge is 2.20. The quantitative estimate of drug-likeness (QED) is 0.823. The zero-order chi connectivity index (χ0) is 12.1. The predicted molar refractivity (Wildman–Crippen MR) is 77.3 cm³/mol. The Kier molecular flexibility index (Phi) is 4.93. The van der Waals surface area contributed by atoms with Gasteiger partial charge in [0.05, 0.1) is 0 Å². The van der Waals surface area contributed by atoms with Gasteiger partial charge in [-0.1, -0.05) is 49.1 Å². The van der Waals surface area contributed by atoms with Crippen molar-refractivity contribution in [3.8, 4) is 0 Å². The molecule has 0 spiro atoms. The topological polar surface area (TPSA) is 26.0 Å². The summed E-state index contributed by atoms with van der Waals surface area (Å²) in [6.45, 7) is 2.16. The third-order valence-corrected chi connectivity index (χ3v) is 5.06. The molecule has 1 aromatic carbocycles. The van der Waals surface area contributed by atoms with E-state index in [1.165, 1.54) is 43.2 Å². The molecule has 2 rings (SSSR count). The number of rotatable bonds is 3. The van der Waals surface area contributed by atoms with Gasteiger partial charge in [-0.05, 0) is 25.3 Å². The first-order chi connectivity index (χ1) is 8.25. The van der Waals surface area contributed by atoms with Gasteiger partial charge in [-0.15, -0.1) is 0 Å². The van der Waals surface area contributed by atoms with Crippen molar-refractivity contribution in [3.05, 3.63) is 35.4 Å². The minimum absolute atomic E-state index is 0.410. The van der Waals surface area contributed by atoms with E-state index in [-0.39, 0.29) is 0 Å². The molecule has 2 atom stereocenters. The van der Waals surface area contributed by atoms with Gasteiger partial charge in [0.1, 0.15) is 0 Å². The molecule has 0 saturated heterocycles. The molecule has 1 aliphatic rings. The van der Waals surface area contributed by atoms with Gasteiger partial charge in [-0.25, -0.2) is 0 Å². The van der Waals surface area contributed by atoms with Crippen LogP contribution in [0.1, 0.15) is 43.2 Å². The average molecular weight is 249 g/mol. The number of nitrogens with two attached hydrogens (primary N) is 1. The van der Waals surface area contributed by atoms with E-state index in [4.69, 9.17) is 5.73 Å². The highest BCUT2D eigenvalue weighted by atomic mass is 32.2. The van der Waals surface area contributed by atoms with Gasteiger partial charge >= 0.3 is 0 Å². The van der Waals surface area contributed by atoms with Crippen molar-refractivity contribution in [2.24, 2.45) is 5.73 Å². The van der Waals surface area contributed by atoms with Crippen molar-refractivity contribution >= 4 is 11.8 Å². The number of hydrogen-bond acceptors (Lipinski definition) is 2. The fourth-order valence-electron chi connectivity index (χ4n) is 2.51. The van der Waals surface area contributed by atoms with Gasteiger partial charge in [0.2, 0.25) is 0 Å². The highest BCUT2D eigenvalue weighted by molar-refractivity contribution is 7.99. The molecule has 2 N–H and O–H groups in total. The second-order valence-electron chi connectivity index (χ2n) is 5.14. The van der Waals surface area contributed by atoms with Gasteiger partial charge in [0, 0.05) is 17.0 Å². The fraction of sp³-hybridized carbons (Fsp3) is 0.600. The number of aryl methyl sites for hydroxylation is 1. The van der Waals surface area contributed by atoms with Crippen LogP contribution < -0.4 is 5.73 Å². The van der Waals surface area contributed by atoms with E-state index in [0.29, 0.717) is 11.3 Å². The summed E-state index contributed by atoms with van der Waals surface area (Å²) in [5.41, 5.74) is 9.04. The molecule has 1 aliphatic carbocycles. The Labute approximate surface area is 109 Å². The first kappa shape index (κ1) is 13.0. The van der Waals surface area contributed by atoms with E-state index in [1.807, 2.05) is 0 Å². The van der Waals surface area contributed by atoms with Crippen LogP contribution in [0.15, 0.2) is 24.3 Å². The van der Waals surface area contributed by atoms with Gasteiger partial charge in [0.25, 0.3) is 0 Å². The molecule has 0 aromatic heterocycles. The zero-order valence-corrected chi connectivity index (χ0v) is 11.5. The summed E-state index contributed by atoms with van der Waals surface area (Å²) in [6.07, 6.45) is 6.57. The van der Waals surface area contributed by atoms with E-state index in [2.05, 4.69) is 43.0 Å². The fourth-order valence-corrected chi connectivity index (χ4v) is 3.82. The molecule has 1 fully saturated rings. The van der Waals surface area contributed by atoms with E-state index in [0.717, 1.165) is 5.75 Å². The molecule has 17 heavy (non-hydrogen) atoms. The van der Waals surface area contributed by atoms with Crippen molar-refractivity contribution < 1.29 is 0 Å². The van der Waals surface area contributed by atoms with Crippen LogP contribution in [0.4, 0.5) is 0 Å². The lowest BCUT2D eigenvalue weighted by Gasteiger charge is -2.20. The van der Waals surface area contributed by atoms with Crippen molar-refractivity contribution in [2.45, 2.75) is 56.1 Å². The molecule has 1 saturated carbocycles. The molecule has 94 valence electrons. The Bertz CT molecular complexity index is 351.